The topological polar surface area (TPSA) is 40.5 Å². The molecule has 0 saturated heterocycles. The lowest BCUT2D eigenvalue weighted by atomic mass is 10.1. The molecule has 1 N–H and O–H groups in total. The molecule has 0 aliphatic carbocycles. The van der Waals surface area contributed by atoms with Crippen LogP contribution in [0.15, 0.2) is 18.2 Å². The Morgan fingerprint density at radius 3 is 2.56 bits per heavy atom. The van der Waals surface area contributed by atoms with Crippen LogP contribution in [0.2, 0.25) is 0 Å². The molecule has 0 atom stereocenters. The lowest BCUT2D eigenvalue weighted by Gasteiger charge is -2.21. The van der Waals surface area contributed by atoms with Crippen molar-refractivity contribution < 1.29 is 9.90 Å². The summed E-state index contributed by atoms with van der Waals surface area (Å²) < 4.78 is 0. The van der Waals surface area contributed by atoms with Gasteiger partial charge in [0.05, 0.1) is 0 Å². The standard InChI is InChI=1S/C13H19NO2/c1-4-8-14(5-2)13(16)12-7-6-11(15)9-10(12)3/h6-7,9,15H,4-5,8H2,1-3H3. The summed E-state index contributed by atoms with van der Waals surface area (Å²) in [6.07, 6.45) is 0.955. The average molecular weight is 221 g/mol. The Hall–Kier alpha value is -1.51. The van der Waals surface area contributed by atoms with Crippen molar-refractivity contribution in [3.05, 3.63) is 29.3 Å². The summed E-state index contributed by atoms with van der Waals surface area (Å²) in [7, 11) is 0. The van der Waals surface area contributed by atoms with Gasteiger partial charge in [-0.05, 0) is 44.0 Å². The minimum Gasteiger partial charge on any atom is -0.508 e. The van der Waals surface area contributed by atoms with E-state index in [0.717, 1.165) is 18.5 Å². The molecule has 0 heterocycles. The molecule has 0 saturated carbocycles. The second kappa shape index (κ2) is 5.54. The summed E-state index contributed by atoms with van der Waals surface area (Å²) >= 11 is 0. The molecule has 0 spiro atoms. The fourth-order valence-corrected chi connectivity index (χ4v) is 1.73. The number of phenolic OH excluding ortho intramolecular Hbond substituents is 1. The quantitative estimate of drug-likeness (QED) is 0.849. The summed E-state index contributed by atoms with van der Waals surface area (Å²) in [4.78, 5) is 14.0. The van der Waals surface area contributed by atoms with Crippen LogP contribution in [0.25, 0.3) is 0 Å². The van der Waals surface area contributed by atoms with Crippen LogP contribution in [0.3, 0.4) is 0 Å². The number of amides is 1. The van der Waals surface area contributed by atoms with Gasteiger partial charge in [-0.2, -0.15) is 0 Å². The largest absolute Gasteiger partial charge is 0.508 e. The second-order valence-electron chi connectivity index (χ2n) is 3.88. The van der Waals surface area contributed by atoms with Crippen molar-refractivity contribution in [2.45, 2.75) is 27.2 Å². The van der Waals surface area contributed by atoms with E-state index in [0.29, 0.717) is 12.1 Å². The highest BCUT2D eigenvalue weighted by Crippen LogP contribution is 2.17. The Morgan fingerprint density at radius 1 is 1.38 bits per heavy atom. The molecule has 1 amide bonds. The highest BCUT2D eigenvalue weighted by Gasteiger charge is 2.15. The zero-order chi connectivity index (χ0) is 12.1. The molecule has 0 aromatic heterocycles. The van der Waals surface area contributed by atoms with E-state index in [9.17, 15) is 9.90 Å². The molecular formula is C13H19NO2. The molecule has 0 unspecified atom stereocenters. The molecule has 1 rings (SSSR count). The van der Waals surface area contributed by atoms with Gasteiger partial charge in [-0.25, -0.2) is 0 Å². The zero-order valence-corrected chi connectivity index (χ0v) is 10.2. The van der Waals surface area contributed by atoms with E-state index in [2.05, 4.69) is 6.92 Å². The summed E-state index contributed by atoms with van der Waals surface area (Å²) in [6, 6.07) is 4.86. The van der Waals surface area contributed by atoms with E-state index in [1.165, 1.54) is 0 Å². The fourth-order valence-electron chi connectivity index (χ4n) is 1.73. The van der Waals surface area contributed by atoms with Crippen LogP contribution in [0.5, 0.6) is 5.75 Å². The van der Waals surface area contributed by atoms with E-state index in [4.69, 9.17) is 0 Å². The molecule has 0 bridgehead atoms. The third kappa shape index (κ3) is 2.75. The Balaban J connectivity index is 2.94. The lowest BCUT2D eigenvalue weighted by molar-refractivity contribution is 0.0763. The molecule has 1 aromatic rings. The molecule has 3 heteroatoms. The summed E-state index contributed by atoms with van der Waals surface area (Å²) in [5, 5.41) is 9.29. The average Bonchev–Trinajstić information content (AvgIpc) is 2.25. The van der Waals surface area contributed by atoms with Gasteiger partial charge >= 0.3 is 0 Å². The third-order valence-corrected chi connectivity index (χ3v) is 2.60. The second-order valence-corrected chi connectivity index (χ2v) is 3.88. The van der Waals surface area contributed by atoms with Gasteiger partial charge in [-0.1, -0.05) is 6.92 Å². The maximum absolute atomic E-state index is 12.1. The zero-order valence-electron chi connectivity index (χ0n) is 10.2. The van der Waals surface area contributed by atoms with Crippen LogP contribution in [0.1, 0.15) is 36.2 Å². The minimum atomic E-state index is 0.0434. The van der Waals surface area contributed by atoms with Gasteiger partial charge in [0.1, 0.15) is 5.75 Å². The van der Waals surface area contributed by atoms with Crippen molar-refractivity contribution >= 4 is 5.91 Å². The first-order chi connectivity index (χ1) is 7.60. The van der Waals surface area contributed by atoms with Crippen LogP contribution in [0, 0.1) is 6.92 Å². The molecule has 0 aliphatic heterocycles. The predicted molar refractivity (Wildman–Crippen MR) is 64.7 cm³/mol. The number of nitrogens with zero attached hydrogens (tertiary/aromatic N) is 1. The summed E-state index contributed by atoms with van der Waals surface area (Å²) in [6.45, 7) is 7.36. The molecule has 0 aliphatic rings. The summed E-state index contributed by atoms with van der Waals surface area (Å²) in [5.41, 5.74) is 1.49. The third-order valence-electron chi connectivity index (χ3n) is 2.60. The van der Waals surface area contributed by atoms with Gasteiger partial charge in [0.2, 0.25) is 0 Å². The van der Waals surface area contributed by atoms with Crippen LogP contribution in [0.4, 0.5) is 0 Å². The number of aromatic hydroxyl groups is 1. The van der Waals surface area contributed by atoms with Crippen molar-refractivity contribution in [2.24, 2.45) is 0 Å². The Kier molecular flexibility index (Phi) is 4.35. The fraction of sp³-hybridized carbons (Fsp3) is 0.462. The highest BCUT2D eigenvalue weighted by molar-refractivity contribution is 5.95. The van der Waals surface area contributed by atoms with Gasteiger partial charge in [-0.3, -0.25) is 4.79 Å². The van der Waals surface area contributed by atoms with E-state index in [1.54, 1.807) is 18.2 Å². The van der Waals surface area contributed by atoms with Gasteiger partial charge in [0.15, 0.2) is 0 Å². The van der Waals surface area contributed by atoms with E-state index in [-0.39, 0.29) is 11.7 Å². The van der Waals surface area contributed by atoms with Crippen LogP contribution in [-0.4, -0.2) is 29.0 Å². The Morgan fingerprint density at radius 2 is 2.06 bits per heavy atom. The Labute approximate surface area is 96.7 Å². The molecular weight excluding hydrogens is 202 g/mol. The number of hydrogen-bond donors (Lipinski definition) is 1. The van der Waals surface area contributed by atoms with Crippen LogP contribution >= 0.6 is 0 Å². The van der Waals surface area contributed by atoms with Gasteiger partial charge in [0, 0.05) is 18.7 Å². The monoisotopic (exact) mass is 221 g/mol. The van der Waals surface area contributed by atoms with Crippen molar-refractivity contribution in [2.75, 3.05) is 13.1 Å². The van der Waals surface area contributed by atoms with Crippen molar-refractivity contribution in [1.29, 1.82) is 0 Å². The number of aryl methyl sites for hydroxylation is 1. The maximum Gasteiger partial charge on any atom is 0.254 e. The number of benzene rings is 1. The first kappa shape index (κ1) is 12.6. The highest BCUT2D eigenvalue weighted by atomic mass is 16.3. The van der Waals surface area contributed by atoms with Crippen molar-refractivity contribution in [3.63, 3.8) is 0 Å². The van der Waals surface area contributed by atoms with Crippen molar-refractivity contribution in [1.82, 2.24) is 4.90 Å². The smallest absolute Gasteiger partial charge is 0.254 e. The number of phenols is 1. The number of carbonyl (C=O) groups excluding carboxylic acids is 1. The maximum atomic E-state index is 12.1. The molecule has 3 nitrogen and oxygen atoms in total. The van der Waals surface area contributed by atoms with Crippen LogP contribution in [-0.2, 0) is 0 Å². The number of carbonyl (C=O) groups is 1. The van der Waals surface area contributed by atoms with E-state index >= 15 is 0 Å². The van der Waals surface area contributed by atoms with Crippen LogP contribution < -0.4 is 0 Å². The molecule has 0 radical (unpaired) electrons. The van der Waals surface area contributed by atoms with Crippen molar-refractivity contribution in [3.8, 4) is 5.75 Å². The van der Waals surface area contributed by atoms with E-state index < -0.39 is 0 Å². The Bertz CT molecular complexity index is 374. The predicted octanol–water partition coefficient (Wildman–Crippen LogP) is 2.57. The van der Waals surface area contributed by atoms with Gasteiger partial charge in [0.25, 0.3) is 5.91 Å². The normalized spacial score (nSPS) is 10.2. The molecule has 16 heavy (non-hydrogen) atoms. The number of hydrogen-bond acceptors (Lipinski definition) is 2. The van der Waals surface area contributed by atoms with Gasteiger partial charge in [-0.15, -0.1) is 0 Å². The molecule has 88 valence electrons. The molecule has 0 fully saturated rings. The first-order valence-corrected chi connectivity index (χ1v) is 5.69. The lowest BCUT2D eigenvalue weighted by Crippen LogP contribution is -2.31. The minimum absolute atomic E-state index is 0.0434. The van der Waals surface area contributed by atoms with E-state index in [1.807, 2.05) is 18.7 Å². The summed E-state index contributed by atoms with van der Waals surface area (Å²) in [5.74, 6) is 0.245. The molecule has 1 aromatic carbocycles. The van der Waals surface area contributed by atoms with Gasteiger partial charge < -0.3 is 10.0 Å². The number of rotatable bonds is 4. The SMILES string of the molecule is CCCN(CC)C(=O)c1ccc(O)cc1C. The first-order valence-electron chi connectivity index (χ1n) is 5.69.